The van der Waals surface area contributed by atoms with E-state index in [2.05, 4.69) is 142 Å². The molecule has 1 radical (unpaired) electrons. The van der Waals surface area contributed by atoms with E-state index in [1.165, 1.54) is 65.7 Å². The molecule has 0 spiro atoms. The van der Waals surface area contributed by atoms with Crippen molar-refractivity contribution < 1.29 is 34.6 Å². The van der Waals surface area contributed by atoms with Crippen LogP contribution in [0.1, 0.15) is 85.3 Å². The largest absolute Gasteiger partial charge is 0.512 e. The molecule has 0 saturated carbocycles. The number of allylic oxidation sites excluding steroid dienone is 2. The van der Waals surface area contributed by atoms with Gasteiger partial charge in [0.1, 0.15) is 0 Å². The minimum atomic E-state index is -1.60. The summed E-state index contributed by atoms with van der Waals surface area (Å²) in [5, 5.41) is 19.1. The van der Waals surface area contributed by atoms with Crippen molar-refractivity contribution in [3.63, 3.8) is 0 Å². The van der Waals surface area contributed by atoms with E-state index in [0.29, 0.717) is 0 Å². The average molecular weight is 928 g/mol. The van der Waals surface area contributed by atoms with Crippen LogP contribution < -0.4 is 9.75 Å². The standard InChI is InChI=1S/C36H35N2Si.C13H24O2.Ir/c1-22-23-13-9-10-14-24(23)29(36(2,3)4)21-28(22)34-35-26(19-20-37(34)5)25-17-18-31(39(6,7)8)32-27-15-11-12-16-30(27)38(35)33(25)32;1-5-10(6-2)12(14)9-13(15)11(7-3)8-4;/h9-21H,1,5H2,2-4,6-8H3;9-11,14H,5-8H2,1-4H3;/q-1;;/b;12-9-;. The number of carbonyl (C=O) groups excluding carboxylic acids is 1. The van der Waals surface area contributed by atoms with E-state index in [1.54, 1.807) is 0 Å². The van der Waals surface area contributed by atoms with Crippen molar-refractivity contribution in [3.8, 4) is 11.3 Å². The van der Waals surface area contributed by atoms with E-state index >= 15 is 0 Å². The number of aliphatic hydroxyl groups excluding tert-OH is 1. The number of aromatic nitrogens is 2. The van der Waals surface area contributed by atoms with E-state index < -0.39 is 8.07 Å². The number of benzene rings is 4. The van der Waals surface area contributed by atoms with Crippen LogP contribution in [0.15, 0.2) is 90.8 Å². The van der Waals surface area contributed by atoms with Crippen LogP contribution in [0.5, 0.6) is 0 Å². The Labute approximate surface area is 343 Å². The van der Waals surface area contributed by atoms with Crippen LogP contribution >= 0.6 is 0 Å². The summed E-state index contributed by atoms with van der Waals surface area (Å²) in [6.07, 6.45) is 7.02. The quantitative estimate of drug-likeness (QED) is 0.0515. The van der Waals surface area contributed by atoms with Crippen molar-refractivity contribution in [2.75, 3.05) is 0 Å². The molecule has 3 aromatic heterocycles. The number of pyridine rings is 1. The first-order valence-corrected chi connectivity index (χ1v) is 23.4. The summed E-state index contributed by atoms with van der Waals surface area (Å²) in [5.41, 5.74) is 8.43. The van der Waals surface area contributed by atoms with Crippen LogP contribution in [0, 0.1) is 25.8 Å². The summed E-state index contributed by atoms with van der Waals surface area (Å²) in [5.74, 6) is 0.547. The Morgan fingerprint density at radius 3 is 1.95 bits per heavy atom. The van der Waals surface area contributed by atoms with E-state index in [0.717, 1.165) is 42.5 Å². The van der Waals surface area contributed by atoms with Gasteiger partial charge >= 0.3 is 0 Å². The molecule has 0 unspecified atom stereocenters. The predicted octanol–water partition coefficient (Wildman–Crippen LogP) is 12.5. The molecule has 0 aliphatic heterocycles. The summed E-state index contributed by atoms with van der Waals surface area (Å²) >= 11 is 0. The third-order valence-corrected chi connectivity index (χ3v) is 13.7. The molecule has 4 nitrogen and oxygen atoms in total. The van der Waals surface area contributed by atoms with Gasteiger partial charge in [-0.25, -0.2) is 0 Å². The van der Waals surface area contributed by atoms with Crippen molar-refractivity contribution in [2.45, 2.75) is 99.2 Å². The number of fused-ring (bicyclic) bond motifs is 7. The molecule has 0 atom stereocenters. The van der Waals surface area contributed by atoms with Crippen molar-refractivity contribution in [1.29, 1.82) is 0 Å². The van der Waals surface area contributed by atoms with E-state index in [9.17, 15) is 9.90 Å². The topological polar surface area (TPSA) is 45.6 Å². The van der Waals surface area contributed by atoms with E-state index in [-0.39, 0.29) is 48.9 Å². The first-order chi connectivity index (χ1) is 25.6. The molecule has 3 heterocycles. The molecule has 291 valence electrons. The summed E-state index contributed by atoms with van der Waals surface area (Å²) in [7, 11) is 2.92. The molecule has 0 bridgehead atoms. The Kier molecular flexibility index (Phi) is 12.4. The van der Waals surface area contributed by atoms with Crippen molar-refractivity contribution in [1.82, 2.24) is 4.40 Å². The fraction of sp³-hybridized carbons (Fsp3) is 0.347. The minimum Gasteiger partial charge on any atom is -0.512 e. The summed E-state index contributed by atoms with van der Waals surface area (Å²) < 4.78 is 4.57. The van der Waals surface area contributed by atoms with Gasteiger partial charge in [0.2, 0.25) is 0 Å². The zero-order valence-electron chi connectivity index (χ0n) is 34.6. The molecule has 7 aromatic rings. The fourth-order valence-corrected chi connectivity index (χ4v) is 10.1. The van der Waals surface area contributed by atoms with Gasteiger partial charge in [-0.05, 0) is 48.6 Å². The van der Waals surface area contributed by atoms with Gasteiger partial charge in [-0.2, -0.15) is 12.5 Å². The van der Waals surface area contributed by atoms with Crippen molar-refractivity contribution >= 4 is 67.9 Å². The SMILES string of the molecule is CCC(CC)C(=O)/C=C(\O)C(CC)CC.[CH2-]c1c(-c2c3c(cc[n+]2[CH2-])c2ccc([Si](C)(C)C)c4c5ccccc5n3c24)cc(C(C)(C)C)c2ccccc12.[Ir]. The maximum absolute atomic E-state index is 11.7. The maximum atomic E-state index is 11.7. The number of ketones is 1. The van der Waals surface area contributed by atoms with Gasteiger partial charge in [0.05, 0.1) is 42.3 Å². The van der Waals surface area contributed by atoms with Crippen LogP contribution in [-0.4, -0.2) is 23.4 Å². The molecule has 1 N–H and O–H groups in total. The molecule has 55 heavy (non-hydrogen) atoms. The predicted molar refractivity (Wildman–Crippen MR) is 235 cm³/mol. The second-order valence-corrected chi connectivity index (χ2v) is 22.2. The van der Waals surface area contributed by atoms with Gasteiger partial charge in [-0.15, -0.1) is 23.1 Å². The second-order valence-electron chi connectivity index (χ2n) is 17.1. The Bertz CT molecular complexity index is 2520. The second kappa shape index (κ2) is 16.2. The summed E-state index contributed by atoms with van der Waals surface area (Å²) in [6, 6.07) is 27.0. The normalized spacial score (nSPS) is 12.7. The molecular formula is C49H59IrN2O2Si-. The number of hydrogen-bond acceptors (Lipinski definition) is 2. The zero-order valence-corrected chi connectivity index (χ0v) is 38.0. The number of hydrogen-bond donors (Lipinski definition) is 1. The monoisotopic (exact) mass is 928 g/mol. The van der Waals surface area contributed by atoms with Crippen LogP contribution in [0.25, 0.3) is 60.1 Å². The first kappa shape index (κ1) is 42.1. The summed E-state index contributed by atoms with van der Waals surface area (Å²) in [4.78, 5) is 11.7. The molecule has 4 aromatic carbocycles. The van der Waals surface area contributed by atoms with Gasteiger partial charge in [0.25, 0.3) is 0 Å². The van der Waals surface area contributed by atoms with E-state index in [1.807, 2.05) is 27.7 Å². The van der Waals surface area contributed by atoms with Gasteiger partial charge in [-0.1, -0.05) is 133 Å². The molecule has 0 amide bonds. The third-order valence-electron chi connectivity index (χ3n) is 11.6. The average Bonchev–Trinajstić information content (AvgIpc) is 3.65. The smallest absolute Gasteiger partial charge is 0.162 e. The van der Waals surface area contributed by atoms with E-state index in [4.69, 9.17) is 0 Å². The van der Waals surface area contributed by atoms with Gasteiger partial charge < -0.3 is 14.1 Å². The number of rotatable bonds is 9. The minimum absolute atomic E-state index is 0. The summed E-state index contributed by atoms with van der Waals surface area (Å²) in [6.45, 7) is 27.0. The Hall–Kier alpha value is -4.09. The maximum Gasteiger partial charge on any atom is 0.162 e. The van der Waals surface area contributed by atoms with Crippen LogP contribution in [-0.2, 0) is 30.3 Å². The Balaban J connectivity index is 0.000000311. The van der Waals surface area contributed by atoms with Crippen molar-refractivity contribution in [2.24, 2.45) is 11.8 Å². The van der Waals surface area contributed by atoms with Gasteiger partial charge in [-0.3, -0.25) is 4.79 Å². The molecular weight excluding hydrogens is 869 g/mol. The number of aliphatic hydroxyl groups is 1. The Morgan fingerprint density at radius 1 is 0.800 bits per heavy atom. The number of carbonyl (C=O) groups is 1. The number of nitrogens with zero attached hydrogens (tertiary/aromatic N) is 2. The van der Waals surface area contributed by atoms with Gasteiger partial charge in [0.15, 0.2) is 5.78 Å². The molecule has 0 aliphatic rings. The molecule has 0 aliphatic carbocycles. The molecule has 7 rings (SSSR count). The van der Waals surface area contributed by atoms with Crippen molar-refractivity contribution in [3.05, 3.63) is 116 Å². The fourth-order valence-electron chi connectivity index (χ4n) is 8.53. The first-order valence-electron chi connectivity index (χ1n) is 19.9. The zero-order chi connectivity index (χ0) is 39.3. The Morgan fingerprint density at radius 2 is 1.36 bits per heavy atom. The van der Waals surface area contributed by atoms with Crippen LogP contribution in [0.3, 0.4) is 0 Å². The van der Waals surface area contributed by atoms with Crippen LogP contribution in [0.4, 0.5) is 0 Å². The molecule has 0 fully saturated rings. The number of para-hydroxylation sites is 1. The van der Waals surface area contributed by atoms with Crippen LogP contribution in [0.2, 0.25) is 19.6 Å². The third kappa shape index (κ3) is 7.46. The molecule has 6 heteroatoms. The molecule has 0 saturated heterocycles. The van der Waals surface area contributed by atoms with Gasteiger partial charge in [0, 0.05) is 61.2 Å².